The van der Waals surface area contributed by atoms with Gasteiger partial charge < -0.3 is 4.74 Å². The first-order valence-electron chi connectivity index (χ1n) is 4.73. The van der Waals surface area contributed by atoms with Crippen LogP contribution < -0.4 is 5.48 Å². The van der Waals surface area contributed by atoms with Crippen molar-refractivity contribution in [3.8, 4) is 0 Å². The molecule has 0 aromatic rings. The van der Waals surface area contributed by atoms with Crippen LogP contribution in [-0.2, 0) is 9.57 Å². The largest absolute Gasteiger partial charge is 0.383 e. The van der Waals surface area contributed by atoms with Crippen LogP contribution in [0.1, 0.15) is 32.6 Å². The van der Waals surface area contributed by atoms with Crippen molar-refractivity contribution in [1.29, 1.82) is 0 Å². The summed E-state index contributed by atoms with van der Waals surface area (Å²) in [4.78, 5) is 5.49. The minimum Gasteiger partial charge on any atom is -0.383 e. The summed E-state index contributed by atoms with van der Waals surface area (Å²) < 4.78 is 4.98. The third-order valence-electron chi connectivity index (χ3n) is 2.15. The van der Waals surface area contributed by atoms with Crippen LogP contribution in [0.5, 0.6) is 0 Å². The van der Waals surface area contributed by atoms with Crippen molar-refractivity contribution in [3.05, 3.63) is 0 Å². The summed E-state index contributed by atoms with van der Waals surface area (Å²) in [5.41, 5.74) is 3.00. The van der Waals surface area contributed by atoms with Crippen LogP contribution >= 0.6 is 0 Å². The van der Waals surface area contributed by atoms with Crippen molar-refractivity contribution in [2.45, 2.75) is 44.8 Å². The summed E-state index contributed by atoms with van der Waals surface area (Å²) in [5, 5.41) is 0. The lowest BCUT2D eigenvalue weighted by Gasteiger charge is -2.16. The van der Waals surface area contributed by atoms with Gasteiger partial charge in [-0.1, -0.05) is 12.8 Å². The number of hydroxylamine groups is 1. The second-order valence-corrected chi connectivity index (χ2v) is 3.50. The molecule has 1 fully saturated rings. The van der Waals surface area contributed by atoms with Gasteiger partial charge in [0.2, 0.25) is 0 Å². The highest BCUT2D eigenvalue weighted by molar-refractivity contribution is 4.66. The van der Waals surface area contributed by atoms with Gasteiger partial charge in [0.05, 0.1) is 18.8 Å². The summed E-state index contributed by atoms with van der Waals surface area (Å²) in [7, 11) is 1.70. The molecule has 12 heavy (non-hydrogen) atoms. The number of nitrogens with one attached hydrogen (secondary N) is 1. The molecule has 0 saturated heterocycles. The molecule has 1 rings (SSSR count). The van der Waals surface area contributed by atoms with Crippen molar-refractivity contribution in [1.82, 2.24) is 5.48 Å². The Kier molecular flexibility index (Phi) is 4.58. The molecule has 0 amide bonds. The average molecular weight is 173 g/mol. The van der Waals surface area contributed by atoms with E-state index in [4.69, 9.17) is 9.57 Å². The van der Waals surface area contributed by atoms with E-state index >= 15 is 0 Å². The van der Waals surface area contributed by atoms with Gasteiger partial charge in [-0.2, -0.15) is 5.48 Å². The monoisotopic (exact) mass is 173 g/mol. The molecule has 1 aliphatic carbocycles. The first-order valence-corrected chi connectivity index (χ1v) is 4.73. The molecule has 0 aromatic heterocycles. The van der Waals surface area contributed by atoms with E-state index in [-0.39, 0.29) is 6.04 Å². The highest BCUT2D eigenvalue weighted by atomic mass is 16.7. The second kappa shape index (κ2) is 5.51. The molecule has 0 spiro atoms. The zero-order valence-electron chi connectivity index (χ0n) is 8.01. The highest BCUT2D eigenvalue weighted by Gasteiger charge is 2.16. The Hall–Kier alpha value is -0.120. The first-order chi connectivity index (χ1) is 5.83. The Labute approximate surface area is 74.4 Å². The van der Waals surface area contributed by atoms with Crippen LogP contribution in [0, 0.1) is 0 Å². The lowest BCUT2D eigenvalue weighted by atomic mass is 10.3. The zero-order valence-corrected chi connectivity index (χ0v) is 8.01. The highest BCUT2D eigenvalue weighted by Crippen LogP contribution is 2.19. The molecule has 1 aliphatic rings. The summed E-state index contributed by atoms with van der Waals surface area (Å²) in [6, 6.07) is 0.288. The maximum Gasteiger partial charge on any atom is 0.0790 e. The lowest BCUT2D eigenvalue weighted by molar-refractivity contribution is -0.0487. The van der Waals surface area contributed by atoms with E-state index in [0.29, 0.717) is 12.7 Å². The fourth-order valence-corrected chi connectivity index (χ4v) is 1.50. The molecule has 0 aliphatic heterocycles. The van der Waals surface area contributed by atoms with Crippen molar-refractivity contribution in [3.63, 3.8) is 0 Å². The van der Waals surface area contributed by atoms with E-state index < -0.39 is 0 Å². The minimum atomic E-state index is 0.288. The molecule has 1 atom stereocenters. The van der Waals surface area contributed by atoms with E-state index in [2.05, 4.69) is 12.4 Å². The van der Waals surface area contributed by atoms with Crippen LogP contribution in [0.4, 0.5) is 0 Å². The molecule has 1 N–H and O–H groups in total. The van der Waals surface area contributed by atoms with E-state index in [9.17, 15) is 0 Å². The van der Waals surface area contributed by atoms with Gasteiger partial charge in [-0.3, -0.25) is 4.84 Å². The van der Waals surface area contributed by atoms with Crippen molar-refractivity contribution in [2.24, 2.45) is 0 Å². The molecular formula is C9H19NO2. The second-order valence-electron chi connectivity index (χ2n) is 3.50. The fourth-order valence-electron chi connectivity index (χ4n) is 1.50. The van der Waals surface area contributed by atoms with Gasteiger partial charge in [-0.15, -0.1) is 0 Å². The summed E-state index contributed by atoms with van der Waals surface area (Å²) in [6.07, 6.45) is 5.46. The summed E-state index contributed by atoms with van der Waals surface area (Å²) in [5.74, 6) is 0. The molecular weight excluding hydrogens is 154 g/mol. The van der Waals surface area contributed by atoms with Gasteiger partial charge in [-0.05, 0) is 19.8 Å². The normalized spacial score (nSPS) is 21.5. The molecule has 1 unspecified atom stereocenters. The number of methoxy groups -OCH3 is 1. The molecule has 3 nitrogen and oxygen atoms in total. The van der Waals surface area contributed by atoms with Crippen LogP contribution in [0.15, 0.2) is 0 Å². The SMILES string of the molecule is COCC(C)NOC1CCCC1. The zero-order chi connectivity index (χ0) is 8.81. The Morgan fingerprint density at radius 1 is 1.42 bits per heavy atom. The first kappa shape index (κ1) is 9.96. The number of hydrogen-bond donors (Lipinski definition) is 1. The third-order valence-corrected chi connectivity index (χ3v) is 2.15. The molecule has 3 heteroatoms. The van der Waals surface area contributed by atoms with E-state index in [1.165, 1.54) is 25.7 Å². The quantitative estimate of drug-likeness (QED) is 0.639. The van der Waals surface area contributed by atoms with Gasteiger partial charge in [0, 0.05) is 7.11 Å². The van der Waals surface area contributed by atoms with Crippen LogP contribution in [0.25, 0.3) is 0 Å². The molecule has 72 valence electrons. The van der Waals surface area contributed by atoms with Gasteiger partial charge in [0.25, 0.3) is 0 Å². The Balaban J connectivity index is 1.99. The third kappa shape index (κ3) is 3.52. The van der Waals surface area contributed by atoms with Crippen molar-refractivity contribution < 1.29 is 9.57 Å². The Bertz CT molecular complexity index is 113. The van der Waals surface area contributed by atoms with Crippen LogP contribution in [0.2, 0.25) is 0 Å². The fraction of sp³-hybridized carbons (Fsp3) is 1.00. The Morgan fingerprint density at radius 3 is 2.67 bits per heavy atom. The molecule has 0 heterocycles. The number of hydrogen-bond acceptors (Lipinski definition) is 3. The standard InChI is InChI=1S/C9H19NO2/c1-8(7-11-2)10-12-9-5-3-4-6-9/h8-10H,3-7H2,1-2H3. The lowest BCUT2D eigenvalue weighted by Crippen LogP contribution is -2.33. The van der Waals surface area contributed by atoms with E-state index in [0.717, 1.165) is 0 Å². The average Bonchev–Trinajstić information content (AvgIpc) is 2.53. The molecule has 1 saturated carbocycles. The Morgan fingerprint density at radius 2 is 2.08 bits per heavy atom. The number of rotatable bonds is 5. The molecule has 0 bridgehead atoms. The van der Waals surface area contributed by atoms with Gasteiger partial charge in [0.15, 0.2) is 0 Å². The van der Waals surface area contributed by atoms with E-state index in [1.54, 1.807) is 7.11 Å². The summed E-state index contributed by atoms with van der Waals surface area (Å²) >= 11 is 0. The van der Waals surface area contributed by atoms with Gasteiger partial charge >= 0.3 is 0 Å². The predicted molar refractivity (Wildman–Crippen MR) is 47.8 cm³/mol. The topological polar surface area (TPSA) is 30.5 Å². The van der Waals surface area contributed by atoms with Crippen LogP contribution in [0.3, 0.4) is 0 Å². The predicted octanol–water partition coefficient (Wildman–Crippen LogP) is 1.49. The molecule has 0 aromatic carbocycles. The summed E-state index contributed by atoms with van der Waals surface area (Å²) in [6.45, 7) is 2.76. The number of ether oxygens (including phenoxy) is 1. The van der Waals surface area contributed by atoms with Gasteiger partial charge in [0.1, 0.15) is 0 Å². The minimum absolute atomic E-state index is 0.288. The molecule has 0 radical (unpaired) electrons. The maximum atomic E-state index is 5.49. The van der Waals surface area contributed by atoms with E-state index in [1.807, 2.05) is 0 Å². The van der Waals surface area contributed by atoms with Gasteiger partial charge in [-0.25, -0.2) is 0 Å². The smallest absolute Gasteiger partial charge is 0.0790 e. The van der Waals surface area contributed by atoms with Crippen molar-refractivity contribution in [2.75, 3.05) is 13.7 Å². The maximum absolute atomic E-state index is 5.49. The van der Waals surface area contributed by atoms with Crippen LogP contribution in [-0.4, -0.2) is 25.9 Å². The van der Waals surface area contributed by atoms with Crippen molar-refractivity contribution >= 4 is 0 Å².